The van der Waals surface area contributed by atoms with Gasteiger partial charge in [0.15, 0.2) is 5.11 Å². The van der Waals surface area contributed by atoms with Crippen LogP contribution in [0, 0.1) is 5.92 Å². The Hall–Kier alpha value is -1.92. The summed E-state index contributed by atoms with van der Waals surface area (Å²) in [7, 11) is 0. The third kappa shape index (κ3) is 5.05. The molecule has 1 aliphatic rings. The van der Waals surface area contributed by atoms with Crippen molar-refractivity contribution in [3.8, 4) is 0 Å². The van der Waals surface area contributed by atoms with Gasteiger partial charge >= 0.3 is 0 Å². The molecule has 2 heterocycles. The zero-order chi connectivity index (χ0) is 18.5. The van der Waals surface area contributed by atoms with Crippen molar-refractivity contribution in [1.29, 1.82) is 0 Å². The lowest BCUT2D eigenvalue weighted by Crippen LogP contribution is -2.34. The molecule has 2 aromatic rings. The van der Waals surface area contributed by atoms with Crippen LogP contribution in [0.25, 0.3) is 0 Å². The third-order valence-corrected chi connectivity index (χ3v) is 5.08. The number of anilines is 2. The fraction of sp³-hybridized carbons (Fsp3) is 0.421. The fourth-order valence-corrected chi connectivity index (χ4v) is 3.47. The number of benzene rings is 1. The Kier molecular flexibility index (Phi) is 6.27. The van der Waals surface area contributed by atoms with Crippen LogP contribution in [0.2, 0.25) is 5.15 Å². The summed E-state index contributed by atoms with van der Waals surface area (Å²) in [6.07, 6.45) is 2.33. The molecule has 2 N–H and O–H groups in total. The maximum Gasteiger partial charge on any atom is 0.232 e. The highest BCUT2D eigenvalue weighted by Crippen LogP contribution is 2.24. The summed E-state index contributed by atoms with van der Waals surface area (Å²) < 4.78 is 0. The van der Waals surface area contributed by atoms with Crippen LogP contribution in [0.3, 0.4) is 0 Å². The van der Waals surface area contributed by atoms with Gasteiger partial charge in [-0.3, -0.25) is 0 Å². The minimum Gasteiger partial charge on any atom is -0.356 e. The Morgan fingerprint density at radius 3 is 2.62 bits per heavy atom. The molecular weight excluding hydrogens is 366 g/mol. The number of hydrogen-bond acceptors (Lipinski definition) is 4. The van der Waals surface area contributed by atoms with Gasteiger partial charge in [0.2, 0.25) is 5.95 Å². The van der Waals surface area contributed by atoms with Crippen LogP contribution in [0.15, 0.2) is 36.4 Å². The first-order valence-electron chi connectivity index (χ1n) is 8.93. The highest BCUT2D eigenvalue weighted by Gasteiger charge is 2.18. The minimum atomic E-state index is 0.0819. The smallest absolute Gasteiger partial charge is 0.232 e. The Morgan fingerprint density at radius 2 is 1.92 bits per heavy atom. The van der Waals surface area contributed by atoms with E-state index in [-0.39, 0.29) is 6.04 Å². The summed E-state index contributed by atoms with van der Waals surface area (Å²) in [4.78, 5) is 11.1. The Labute approximate surface area is 165 Å². The van der Waals surface area contributed by atoms with Crippen LogP contribution in [0.5, 0.6) is 0 Å². The summed E-state index contributed by atoms with van der Waals surface area (Å²) in [5, 5.41) is 7.20. The van der Waals surface area contributed by atoms with Crippen molar-refractivity contribution >= 4 is 40.7 Å². The number of hydrogen-bond donors (Lipinski definition) is 2. The van der Waals surface area contributed by atoms with Crippen LogP contribution >= 0.6 is 23.8 Å². The highest BCUT2D eigenvalue weighted by atomic mass is 35.5. The number of nitrogens with one attached hydrogen (secondary N) is 2. The van der Waals surface area contributed by atoms with Crippen molar-refractivity contribution in [2.75, 3.05) is 23.3 Å². The zero-order valence-corrected chi connectivity index (χ0v) is 16.6. The molecule has 0 amide bonds. The van der Waals surface area contributed by atoms with Crippen LogP contribution in [-0.2, 0) is 0 Å². The molecule has 0 radical (unpaired) electrons. The summed E-state index contributed by atoms with van der Waals surface area (Å²) in [6.45, 7) is 6.32. The highest BCUT2D eigenvalue weighted by molar-refractivity contribution is 7.80. The van der Waals surface area contributed by atoms with Gasteiger partial charge in [-0.1, -0.05) is 48.9 Å². The van der Waals surface area contributed by atoms with Crippen molar-refractivity contribution in [3.63, 3.8) is 0 Å². The molecule has 0 unspecified atom stereocenters. The van der Waals surface area contributed by atoms with Gasteiger partial charge in [0.25, 0.3) is 0 Å². The van der Waals surface area contributed by atoms with E-state index in [1.165, 1.54) is 12.8 Å². The number of nitrogens with zero attached hydrogens (tertiary/aromatic N) is 3. The number of aromatic nitrogens is 2. The predicted molar refractivity (Wildman–Crippen MR) is 112 cm³/mol. The monoisotopic (exact) mass is 389 g/mol. The summed E-state index contributed by atoms with van der Waals surface area (Å²) >= 11 is 11.6. The number of halogens is 1. The van der Waals surface area contributed by atoms with E-state index in [1.54, 1.807) is 0 Å². The van der Waals surface area contributed by atoms with Gasteiger partial charge in [-0.05, 0) is 43.5 Å². The molecule has 1 aromatic heterocycles. The minimum absolute atomic E-state index is 0.0819. The van der Waals surface area contributed by atoms with Crippen LogP contribution in [-0.4, -0.2) is 28.2 Å². The van der Waals surface area contributed by atoms with Gasteiger partial charge in [0.05, 0.1) is 6.04 Å². The van der Waals surface area contributed by atoms with E-state index in [4.69, 9.17) is 23.8 Å². The number of rotatable bonds is 4. The molecule has 1 aliphatic heterocycles. The second-order valence-corrected chi connectivity index (χ2v) is 7.57. The number of piperidine rings is 1. The predicted octanol–water partition coefficient (Wildman–Crippen LogP) is 4.41. The van der Waals surface area contributed by atoms with Crippen LogP contribution in [0.1, 0.15) is 38.3 Å². The van der Waals surface area contributed by atoms with E-state index in [2.05, 4.69) is 51.5 Å². The Balaban J connectivity index is 1.64. The summed E-state index contributed by atoms with van der Waals surface area (Å²) in [5.41, 5.74) is 1.16. The summed E-state index contributed by atoms with van der Waals surface area (Å²) in [6, 6.07) is 12.0. The quantitative estimate of drug-likeness (QED) is 0.596. The molecule has 1 aromatic carbocycles. The average Bonchev–Trinajstić information content (AvgIpc) is 2.62. The van der Waals surface area contributed by atoms with E-state index in [0.717, 1.165) is 30.4 Å². The van der Waals surface area contributed by atoms with Gasteiger partial charge in [-0.2, -0.15) is 4.98 Å². The standard InChI is InChI=1S/C19H24ClN5S/c1-13-8-10-25(11-9-13)17-12-16(20)22-18(23-17)24-19(26)21-14(2)15-6-4-3-5-7-15/h3-7,12-14H,8-11H2,1-2H3,(H2,21,22,23,24,26)/t14-/m1/s1. The first kappa shape index (κ1) is 18.9. The molecule has 3 rings (SSSR count). The van der Waals surface area contributed by atoms with Gasteiger partial charge in [-0.25, -0.2) is 4.98 Å². The lowest BCUT2D eigenvalue weighted by atomic mass is 9.99. The van der Waals surface area contributed by atoms with Crippen LogP contribution in [0.4, 0.5) is 11.8 Å². The van der Waals surface area contributed by atoms with Crippen molar-refractivity contribution in [3.05, 3.63) is 47.1 Å². The molecule has 1 fully saturated rings. The van der Waals surface area contributed by atoms with E-state index in [9.17, 15) is 0 Å². The second kappa shape index (κ2) is 8.64. The molecule has 1 atom stereocenters. The van der Waals surface area contributed by atoms with E-state index >= 15 is 0 Å². The normalized spacial score (nSPS) is 16.2. The van der Waals surface area contributed by atoms with Gasteiger partial charge in [0.1, 0.15) is 11.0 Å². The van der Waals surface area contributed by atoms with Gasteiger partial charge < -0.3 is 15.5 Å². The molecule has 0 spiro atoms. The zero-order valence-electron chi connectivity index (χ0n) is 15.1. The molecule has 5 nitrogen and oxygen atoms in total. The van der Waals surface area contributed by atoms with Gasteiger partial charge in [0, 0.05) is 19.2 Å². The van der Waals surface area contributed by atoms with Crippen LogP contribution < -0.4 is 15.5 Å². The molecular formula is C19H24ClN5S. The van der Waals surface area contributed by atoms with E-state index in [1.807, 2.05) is 24.3 Å². The largest absolute Gasteiger partial charge is 0.356 e. The Morgan fingerprint density at radius 1 is 1.23 bits per heavy atom. The molecule has 138 valence electrons. The van der Waals surface area contributed by atoms with E-state index in [0.29, 0.717) is 16.2 Å². The maximum absolute atomic E-state index is 6.20. The first-order chi connectivity index (χ1) is 12.5. The maximum atomic E-state index is 6.20. The topological polar surface area (TPSA) is 53.1 Å². The van der Waals surface area contributed by atoms with Crippen molar-refractivity contribution < 1.29 is 0 Å². The van der Waals surface area contributed by atoms with Gasteiger partial charge in [-0.15, -0.1) is 0 Å². The molecule has 1 saturated heterocycles. The van der Waals surface area contributed by atoms with Crippen molar-refractivity contribution in [1.82, 2.24) is 15.3 Å². The van der Waals surface area contributed by atoms with Crippen molar-refractivity contribution in [2.45, 2.75) is 32.7 Å². The lowest BCUT2D eigenvalue weighted by molar-refractivity contribution is 0.436. The summed E-state index contributed by atoms with van der Waals surface area (Å²) in [5.74, 6) is 2.03. The average molecular weight is 390 g/mol. The molecule has 0 saturated carbocycles. The molecule has 0 bridgehead atoms. The molecule has 26 heavy (non-hydrogen) atoms. The SMILES string of the molecule is CC1CCN(c2cc(Cl)nc(NC(=S)N[C@H](C)c3ccccc3)n2)CC1. The Bertz CT molecular complexity index is 747. The lowest BCUT2D eigenvalue weighted by Gasteiger charge is -2.31. The van der Waals surface area contributed by atoms with E-state index < -0.39 is 0 Å². The second-order valence-electron chi connectivity index (χ2n) is 6.77. The first-order valence-corrected chi connectivity index (χ1v) is 9.72. The van der Waals surface area contributed by atoms with Crippen molar-refractivity contribution in [2.24, 2.45) is 5.92 Å². The third-order valence-electron chi connectivity index (χ3n) is 4.66. The fourth-order valence-electron chi connectivity index (χ4n) is 3.02. The molecule has 7 heteroatoms. The molecule has 0 aliphatic carbocycles. The number of thiocarbonyl (C=S) groups is 1.